The fourth-order valence-electron chi connectivity index (χ4n) is 6.43. The average molecular weight is 401 g/mol. The molecule has 0 spiro atoms. The van der Waals surface area contributed by atoms with Crippen molar-refractivity contribution in [3.05, 3.63) is 28.8 Å². The lowest BCUT2D eigenvalue weighted by Gasteiger charge is -2.63. The first-order valence-electron chi connectivity index (χ1n) is 10.5. The van der Waals surface area contributed by atoms with E-state index in [1.54, 1.807) is 6.07 Å². The quantitative estimate of drug-likeness (QED) is 0.674. The van der Waals surface area contributed by atoms with Crippen LogP contribution in [-0.2, 0) is 16.6 Å². The van der Waals surface area contributed by atoms with Crippen molar-refractivity contribution >= 4 is 23.0 Å². The summed E-state index contributed by atoms with van der Waals surface area (Å²) in [7, 11) is 0. The van der Waals surface area contributed by atoms with Crippen LogP contribution in [0.15, 0.2) is 12.1 Å². The largest absolute Gasteiger partial charge is 0.507 e. The van der Waals surface area contributed by atoms with Gasteiger partial charge in [-0.1, -0.05) is 24.7 Å². The molecular formula is C22H28N2O3S. The van der Waals surface area contributed by atoms with Crippen molar-refractivity contribution in [2.45, 2.75) is 68.4 Å². The molecule has 0 radical (unpaired) electrons. The molecule has 1 aromatic rings. The Kier molecular flexibility index (Phi) is 4.13. The lowest BCUT2D eigenvalue weighted by molar-refractivity contribution is -0.175. The number of phenols is 1. The fourth-order valence-corrected chi connectivity index (χ4v) is 6.59. The fraction of sp³-hybridized carbons (Fsp3) is 0.636. The molecule has 1 aromatic carbocycles. The van der Waals surface area contributed by atoms with E-state index in [2.05, 4.69) is 4.90 Å². The van der Waals surface area contributed by atoms with E-state index in [9.17, 15) is 15.0 Å². The highest BCUT2D eigenvalue weighted by Crippen LogP contribution is 2.60. The lowest BCUT2D eigenvalue weighted by Crippen LogP contribution is -2.73. The van der Waals surface area contributed by atoms with E-state index in [4.69, 9.17) is 18.0 Å². The number of aliphatic hydroxyl groups is 1. The van der Waals surface area contributed by atoms with E-state index in [1.807, 2.05) is 6.07 Å². The van der Waals surface area contributed by atoms with E-state index in [0.29, 0.717) is 37.7 Å². The number of thiocarbonyl (C=S) groups is 1. The van der Waals surface area contributed by atoms with Crippen molar-refractivity contribution in [1.29, 1.82) is 0 Å². The number of piperidine rings is 1. The lowest BCUT2D eigenvalue weighted by atomic mass is 9.49. The second kappa shape index (κ2) is 6.25. The Morgan fingerprint density at radius 2 is 2.11 bits per heavy atom. The van der Waals surface area contributed by atoms with E-state index >= 15 is 0 Å². The zero-order valence-corrected chi connectivity index (χ0v) is 16.9. The summed E-state index contributed by atoms with van der Waals surface area (Å²) in [6, 6.07) is 3.77. The molecule has 0 amide bonds. The van der Waals surface area contributed by atoms with Gasteiger partial charge in [0.1, 0.15) is 16.5 Å². The topological polar surface area (TPSA) is 86.8 Å². The van der Waals surface area contributed by atoms with E-state index in [0.717, 1.165) is 30.1 Å². The minimum Gasteiger partial charge on any atom is -0.507 e. The Labute approximate surface area is 170 Å². The number of phenolic OH excluding ortho intramolecular Hbond substituents is 1. The van der Waals surface area contributed by atoms with Crippen molar-refractivity contribution in [3.63, 3.8) is 0 Å². The van der Waals surface area contributed by atoms with Gasteiger partial charge < -0.3 is 15.9 Å². The molecule has 1 saturated heterocycles. The molecule has 2 saturated carbocycles. The maximum Gasteiger partial charge on any atom is 0.134 e. The number of carbonyl (C=O) groups is 1. The smallest absolute Gasteiger partial charge is 0.134 e. The Hall–Kier alpha value is -1.50. The van der Waals surface area contributed by atoms with Crippen LogP contribution in [0.4, 0.5) is 0 Å². The Bertz CT molecular complexity index is 868. The summed E-state index contributed by atoms with van der Waals surface area (Å²) < 4.78 is 0. The van der Waals surface area contributed by atoms with Crippen LogP contribution in [0.2, 0.25) is 0 Å². The molecule has 150 valence electrons. The third-order valence-corrected chi connectivity index (χ3v) is 8.29. The second-order valence-electron chi connectivity index (χ2n) is 9.34. The normalized spacial score (nSPS) is 35.0. The van der Waals surface area contributed by atoms with Gasteiger partial charge in [-0.05, 0) is 56.2 Å². The van der Waals surface area contributed by atoms with Crippen LogP contribution in [0.3, 0.4) is 0 Å². The van der Waals surface area contributed by atoms with Gasteiger partial charge in [0.25, 0.3) is 0 Å². The van der Waals surface area contributed by atoms with Gasteiger partial charge in [-0.2, -0.15) is 0 Å². The highest BCUT2D eigenvalue weighted by molar-refractivity contribution is 7.80. The third-order valence-electron chi connectivity index (χ3n) is 8.07. The standard InChI is InChI=1S/C22H28N2O3S/c23-20(28)16-5-4-14-10-17-22(27)7-6-15(25)11-21(22,18(14)19(16)26)8-9-24(17)12-13-2-1-3-13/h4-5,13,17,26-27H,1-3,6-12H2,(H2,23,28)/t17-,21-,22-/m1/s1. The van der Waals surface area contributed by atoms with Crippen LogP contribution in [-0.4, -0.2) is 50.6 Å². The summed E-state index contributed by atoms with van der Waals surface area (Å²) in [4.78, 5) is 15.2. The zero-order chi connectivity index (χ0) is 19.7. The first-order valence-corrected chi connectivity index (χ1v) is 10.9. The first kappa shape index (κ1) is 18.5. The SMILES string of the molecule is NC(=S)c1ccc2c(c1O)[C@]13CCN(CC4CCC4)[C@H](C2)[C@]1(O)CCC(=O)C3. The molecule has 3 atom stereocenters. The number of fused-ring (bicyclic) bond motifs is 1. The van der Waals surface area contributed by atoms with E-state index in [1.165, 1.54) is 19.3 Å². The minimum absolute atomic E-state index is 0.00229. The zero-order valence-electron chi connectivity index (χ0n) is 16.1. The Morgan fingerprint density at radius 3 is 2.79 bits per heavy atom. The first-order chi connectivity index (χ1) is 13.4. The van der Waals surface area contributed by atoms with Crippen molar-refractivity contribution in [2.24, 2.45) is 11.7 Å². The molecule has 4 N–H and O–H groups in total. The van der Waals surface area contributed by atoms with Gasteiger partial charge in [-0.3, -0.25) is 9.69 Å². The summed E-state index contributed by atoms with van der Waals surface area (Å²) in [6.07, 6.45) is 6.41. The van der Waals surface area contributed by atoms with Gasteiger partial charge in [-0.25, -0.2) is 0 Å². The predicted octanol–water partition coefficient (Wildman–Crippen LogP) is 2.18. The molecule has 1 heterocycles. The number of hydrogen-bond donors (Lipinski definition) is 3. The molecule has 5 nitrogen and oxygen atoms in total. The van der Waals surface area contributed by atoms with Crippen molar-refractivity contribution in [3.8, 4) is 5.75 Å². The third kappa shape index (κ3) is 2.37. The van der Waals surface area contributed by atoms with Crippen molar-refractivity contribution in [2.75, 3.05) is 13.1 Å². The second-order valence-corrected chi connectivity index (χ2v) is 9.78. The van der Waals surface area contributed by atoms with E-state index in [-0.39, 0.29) is 22.6 Å². The van der Waals surface area contributed by atoms with Gasteiger partial charge in [0.05, 0.1) is 11.2 Å². The molecule has 5 rings (SSSR count). The monoisotopic (exact) mass is 400 g/mol. The number of aromatic hydroxyl groups is 1. The van der Waals surface area contributed by atoms with Gasteiger partial charge in [0.2, 0.25) is 0 Å². The van der Waals surface area contributed by atoms with Crippen LogP contribution in [0, 0.1) is 5.92 Å². The molecule has 3 fully saturated rings. The highest BCUT2D eigenvalue weighted by Gasteiger charge is 2.65. The molecule has 1 aliphatic heterocycles. The van der Waals surface area contributed by atoms with Gasteiger partial charge in [0, 0.05) is 36.4 Å². The van der Waals surface area contributed by atoms with Crippen LogP contribution >= 0.6 is 12.2 Å². The number of nitrogens with two attached hydrogens (primary N) is 1. The maximum atomic E-state index is 12.6. The van der Waals surface area contributed by atoms with Gasteiger partial charge in [-0.15, -0.1) is 0 Å². The summed E-state index contributed by atoms with van der Waals surface area (Å²) in [6.45, 7) is 1.89. The highest BCUT2D eigenvalue weighted by atomic mass is 32.1. The molecule has 28 heavy (non-hydrogen) atoms. The summed E-state index contributed by atoms with van der Waals surface area (Å²) in [5.41, 5.74) is 6.30. The number of likely N-dealkylation sites (tertiary alicyclic amines) is 1. The number of nitrogens with zero attached hydrogens (tertiary/aromatic N) is 1. The van der Waals surface area contributed by atoms with E-state index < -0.39 is 11.0 Å². The maximum absolute atomic E-state index is 12.6. The minimum atomic E-state index is -0.998. The number of rotatable bonds is 3. The number of carbonyl (C=O) groups excluding carboxylic acids is 1. The number of ketones is 1. The molecule has 6 heteroatoms. The van der Waals surface area contributed by atoms with Crippen LogP contribution in [0.5, 0.6) is 5.75 Å². The van der Waals surface area contributed by atoms with Gasteiger partial charge >= 0.3 is 0 Å². The number of hydrogen-bond acceptors (Lipinski definition) is 5. The van der Waals surface area contributed by atoms with Crippen molar-refractivity contribution < 1.29 is 15.0 Å². The Balaban J connectivity index is 1.66. The molecule has 0 aromatic heterocycles. The summed E-state index contributed by atoms with van der Waals surface area (Å²) >= 11 is 5.13. The molecule has 2 bridgehead atoms. The van der Waals surface area contributed by atoms with Crippen LogP contribution in [0.1, 0.15) is 61.6 Å². The summed E-state index contributed by atoms with van der Waals surface area (Å²) in [5.74, 6) is 0.973. The summed E-state index contributed by atoms with van der Waals surface area (Å²) in [5, 5.41) is 23.2. The molecule has 0 unspecified atom stereocenters. The van der Waals surface area contributed by atoms with Crippen molar-refractivity contribution in [1.82, 2.24) is 4.90 Å². The predicted molar refractivity (Wildman–Crippen MR) is 111 cm³/mol. The molecular weight excluding hydrogens is 372 g/mol. The van der Waals surface area contributed by atoms with Gasteiger partial charge in [0.15, 0.2) is 0 Å². The Morgan fingerprint density at radius 1 is 1.32 bits per heavy atom. The average Bonchev–Trinajstić information content (AvgIpc) is 2.59. The number of Topliss-reactive ketones (excluding diaryl/α,β-unsaturated/α-hetero) is 1. The van der Waals surface area contributed by atoms with Crippen LogP contribution < -0.4 is 5.73 Å². The molecule has 3 aliphatic carbocycles. The van der Waals surface area contributed by atoms with Crippen LogP contribution in [0.25, 0.3) is 0 Å². The molecule has 4 aliphatic rings. The number of benzene rings is 1.